The van der Waals surface area contributed by atoms with Gasteiger partial charge >= 0.3 is 11.7 Å². The number of methoxy groups -OCH3 is 1. The molecule has 2 unspecified atom stereocenters. The number of rotatable bonds is 7. The number of esters is 1. The lowest BCUT2D eigenvalue weighted by molar-refractivity contribution is -0.147. The number of ether oxygens (including phenoxy) is 1. The highest BCUT2D eigenvalue weighted by atomic mass is 32.2. The second-order valence-electron chi connectivity index (χ2n) is 5.48. The number of H-pyrrole nitrogens is 1. The fraction of sp³-hybridized carbons (Fsp3) is 0.769. The zero-order valence-electron chi connectivity index (χ0n) is 13.4. The van der Waals surface area contributed by atoms with E-state index in [-0.39, 0.29) is 23.0 Å². The SMILES string of the molecule is CNC(C)(CC(C)Sc1n[nH]c(=O)n1C(C)C)C(=O)OC. The molecule has 0 saturated heterocycles. The molecule has 0 aliphatic heterocycles. The van der Waals surface area contributed by atoms with E-state index < -0.39 is 5.54 Å². The summed E-state index contributed by atoms with van der Waals surface area (Å²) in [6.07, 6.45) is 0.556. The second kappa shape index (κ2) is 7.13. The largest absolute Gasteiger partial charge is 0.468 e. The summed E-state index contributed by atoms with van der Waals surface area (Å²) in [5.74, 6) is -0.305. The molecule has 2 atom stereocenters. The van der Waals surface area contributed by atoms with Gasteiger partial charge in [-0.25, -0.2) is 9.89 Å². The minimum absolute atomic E-state index is 0.0299. The summed E-state index contributed by atoms with van der Waals surface area (Å²) in [4.78, 5) is 23.6. The number of aromatic amines is 1. The number of nitrogens with one attached hydrogen (secondary N) is 2. The topological polar surface area (TPSA) is 89.0 Å². The van der Waals surface area contributed by atoms with E-state index in [0.29, 0.717) is 11.6 Å². The van der Waals surface area contributed by atoms with Gasteiger partial charge in [-0.1, -0.05) is 18.7 Å². The Bertz CT molecular complexity index is 540. The van der Waals surface area contributed by atoms with E-state index in [1.54, 1.807) is 18.5 Å². The monoisotopic (exact) mass is 316 g/mol. The molecule has 0 aliphatic rings. The van der Waals surface area contributed by atoms with Crippen LogP contribution in [0.15, 0.2) is 9.95 Å². The van der Waals surface area contributed by atoms with Gasteiger partial charge in [0.25, 0.3) is 0 Å². The molecule has 0 spiro atoms. The van der Waals surface area contributed by atoms with Gasteiger partial charge in [0.1, 0.15) is 5.54 Å². The van der Waals surface area contributed by atoms with Gasteiger partial charge in [0.2, 0.25) is 0 Å². The third-order valence-electron chi connectivity index (χ3n) is 3.38. The highest BCUT2D eigenvalue weighted by molar-refractivity contribution is 7.99. The molecule has 21 heavy (non-hydrogen) atoms. The Hall–Kier alpha value is -1.28. The van der Waals surface area contributed by atoms with Gasteiger partial charge in [-0.2, -0.15) is 0 Å². The van der Waals surface area contributed by atoms with E-state index in [2.05, 4.69) is 15.5 Å². The number of carbonyl (C=O) groups is 1. The van der Waals surface area contributed by atoms with E-state index in [1.807, 2.05) is 20.8 Å². The predicted octanol–water partition coefficient (Wildman–Crippen LogP) is 1.17. The molecule has 0 fully saturated rings. The Kier molecular flexibility index (Phi) is 6.03. The third kappa shape index (κ3) is 4.10. The van der Waals surface area contributed by atoms with Gasteiger partial charge in [0, 0.05) is 11.3 Å². The molecule has 1 aromatic rings. The van der Waals surface area contributed by atoms with E-state index in [9.17, 15) is 9.59 Å². The minimum Gasteiger partial charge on any atom is -0.468 e. The number of thioether (sulfide) groups is 1. The Morgan fingerprint density at radius 3 is 2.62 bits per heavy atom. The Labute approximate surface area is 128 Å². The van der Waals surface area contributed by atoms with Crippen LogP contribution in [0.5, 0.6) is 0 Å². The van der Waals surface area contributed by atoms with Crippen molar-refractivity contribution in [3.05, 3.63) is 10.5 Å². The van der Waals surface area contributed by atoms with Crippen molar-refractivity contribution in [3.63, 3.8) is 0 Å². The maximum absolute atomic E-state index is 11.9. The fourth-order valence-electron chi connectivity index (χ4n) is 2.14. The Morgan fingerprint density at radius 1 is 1.52 bits per heavy atom. The summed E-state index contributed by atoms with van der Waals surface area (Å²) in [6, 6.07) is 0.0299. The molecular formula is C13H24N4O3S. The van der Waals surface area contributed by atoms with Gasteiger partial charge in [-0.05, 0) is 34.2 Å². The molecule has 0 radical (unpaired) electrons. The number of likely N-dealkylation sites (N-methyl/N-ethyl adjacent to an activating group) is 1. The predicted molar refractivity (Wildman–Crippen MR) is 82.6 cm³/mol. The van der Waals surface area contributed by atoms with Crippen LogP contribution in [0.1, 0.15) is 40.2 Å². The average molecular weight is 316 g/mol. The van der Waals surface area contributed by atoms with Crippen molar-refractivity contribution < 1.29 is 9.53 Å². The molecule has 0 amide bonds. The van der Waals surface area contributed by atoms with Crippen molar-refractivity contribution in [2.75, 3.05) is 14.2 Å². The van der Waals surface area contributed by atoms with Crippen molar-refractivity contribution in [3.8, 4) is 0 Å². The number of hydrogen-bond donors (Lipinski definition) is 2. The van der Waals surface area contributed by atoms with Crippen LogP contribution in [0, 0.1) is 0 Å². The average Bonchev–Trinajstić information content (AvgIpc) is 2.78. The zero-order chi connectivity index (χ0) is 16.2. The van der Waals surface area contributed by atoms with Crippen LogP contribution in [-0.2, 0) is 9.53 Å². The summed E-state index contributed by atoms with van der Waals surface area (Å²) >= 11 is 1.46. The molecular weight excluding hydrogens is 292 g/mol. The molecule has 120 valence electrons. The van der Waals surface area contributed by atoms with E-state index in [1.165, 1.54) is 18.9 Å². The van der Waals surface area contributed by atoms with Crippen LogP contribution < -0.4 is 11.0 Å². The highest BCUT2D eigenvalue weighted by Crippen LogP contribution is 2.28. The molecule has 7 nitrogen and oxygen atoms in total. The van der Waals surface area contributed by atoms with Gasteiger partial charge in [-0.3, -0.25) is 9.36 Å². The van der Waals surface area contributed by atoms with Gasteiger partial charge in [0.05, 0.1) is 7.11 Å². The highest BCUT2D eigenvalue weighted by Gasteiger charge is 2.34. The van der Waals surface area contributed by atoms with Crippen molar-refractivity contribution in [1.29, 1.82) is 0 Å². The van der Waals surface area contributed by atoms with Crippen LogP contribution in [0.3, 0.4) is 0 Å². The van der Waals surface area contributed by atoms with Gasteiger partial charge in [0.15, 0.2) is 5.16 Å². The van der Waals surface area contributed by atoms with Crippen LogP contribution in [0.2, 0.25) is 0 Å². The normalized spacial score (nSPS) is 15.8. The van der Waals surface area contributed by atoms with Crippen molar-refractivity contribution in [2.45, 2.75) is 56.1 Å². The number of carbonyl (C=O) groups excluding carboxylic acids is 1. The molecule has 0 aromatic carbocycles. The lowest BCUT2D eigenvalue weighted by Gasteiger charge is -2.28. The van der Waals surface area contributed by atoms with Crippen LogP contribution in [0.25, 0.3) is 0 Å². The van der Waals surface area contributed by atoms with Gasteiger partial charge < -0.3 is 10.1 Å². The third-order valence-corrected chi connectivity index (χ3v) is 4.45. The van der Waals surface area contributed by atoms with Crippen molar-refractivity contribution >= 4 is 17.7 Å². The first-order valence-electron chi connectivity index (χ1n) is 6.86. The molecule has 0 saturated carbocycles. The maximum Gasteiger partial charge on any atom is 0.344 e. The minimum atomic E-state index is -0.763. The van der Waals surface area contributed by atoms with Crippen molar-refractivity contribution in [2.24, 2.45) is 0 Å². The summed E-state index contributed by atoms with van der Waals surface area (Å²) in [7, 11) is 3.10. The molecule has 1 rings (SSSR count). The number of nitrogens with zero attached hydrogens (tertiary/aromatic N) is 2. The second-order valence-corrected chi connectivity index (χ2v) is 6.89. The molecule has 8 heteroatoms. The maximum atomic E-state index is 11.9. The van der Waals surface area contributed by atoms with Crippen LogP contribution in [0.4, 0.5) is 0 Å². The molecule has 0 aliphatic carbocycles. The first-order valence-corrected chi connectivity index (χ1v) is 7.74. The summed E-state index contributed by atoms with van der Waals surface area (Å²) in [6.45, 7) is 7.65. The van der Waals surface area contributed by atoms with Crippen LogP contribution >= 0.6 is 11.8 Å². The van der Waals surface area contributed by atoms with Gasteiger partial charge in [-0.15, -0.1) is 5.10 Å². The van der Waals surface area contributed by atoms with E-state index >= 15 is 0 Å². The zero-order valence-corrected chi connectivity index (χ0v) is 14.2. The smallest absolute Gasteiger partial charge is 0.344 e. The first-order chi connectivity index (χ1) is 9.75. The Morgan fingerprint density at radius 2 is 2.14 bits per heavy atom. The molecule has 0 bridgehead atoms. The quantitative estimate of drug-likeness (QED) is 0.580. The molecule has 1 heterocycles. The lowest BCUT2D eigenvalue weighted by Crippen LogP contribution is -2.49. The molecule has 2 N–H and O–H groups in total. The number of hydrogen-bond acceptors (Lipinski definition) is 6. The van der Waals surface area contributed by atoms with Crippen molar-refractivity contribution in [1.82, 2.24) is 20.1 Å². The Balaban J connectivity index is 2.85. The summed E-state index contributed by atoms with van der Waals surface area (Å²) < 4.78 is 6.44. The van der Waals surface area contributed by atoms with E-state index in [0.717, 1.165) is 0 Å². The standard InChI is InChI=1S/C13H24N4O3S/c1-8(2)17-11(19)15-16-12(17)21-9(3)7-13(4,14-5)10(18)20-6/h8-9,14H,7H2,1-6H3,(H,15,19). The lowest BCUT2D eigenvalue weighted by atomic mass is 9.96. The first kappa shape index (κ1) is 17.8. The summed E-state index contributed by atoms with van der Waals surface area (Å²) in [5, 5.41) is 10.2. The molecule has 1 aromatic heterocycles. The summed E-state index contributed by atoms with van der Waals surface area (Å²) in [5.41, 5.74) is -0.982. The number of aromatic nitrogens is 3. The van der Waals surface area contributed by atoms with E-state index in [4.69, 9.17) is 4.74 Å². The van der Waals surface area contributed by atoms with Crippen LogP contribution in [-0.4, -0.2) is 45.7 Å². The fourth-order valence-corrected chi connectivity index (χ4v) is 3.42.